The quantitative estimate of drug-likeness (QED) is 0.632. The van der Waals surface area contributed by atoms with Crippen LogP contribution in [0.4, 0.5) is 5.69 Å². The van der Waals surface area contributed by atoms with Crippen LogP contribution in [0.25, 0.3) is 10.9 Å². The summed E-state index contributed by atoms with van der Waals surface area (Å²) in [6, 6.07) is 15.8. The molecule has 2 N–H and O–H groups in total. The maximum atomic E-state index is 12.3. The van der Waals surface area contributed by atoms with Crippen LogP contribution in [0.2, 0.25) is 0 Å². The fourth-order valence-corrected chi connectivity index (χ4v) is 5.03. The molecule has 30 heavy (non-hydrogen) atoms. The van der Waals surface area contributed by atoms with Crippen LogP contribution >= 0.6 is 0 Å². The van der Waals surface area contributed by atoms with Gasteiger partial charge in [-0.2, -0.15) is 0 Å². The number of fused-ring (bicyclic) bond motifs is 3. The Kier molecular flexibility index (Phi) is 5.24. The molecule has 2 aromatic carbocycles. The minimum absolute atomic E-state index is 0.307. The first-order valence-electron chi connectivity index (χ1n) is 11.4. The third-order valence-corrected chi connectivity index (χ3v) is 6.75. The molecule has 2 aliphatic rings. The number of anilines is 1. The van der Waals surface area contributed by atoms with E-state index >= 15 is 0 Å². The summed E-state index contributed by atoms with van der Waals surface area (Å²) >= 11 is 0. The summed E-state index contributed by atoms with van der Waals surface area (Å²) in [5, 5.41) is 5.12. The molecule has 0 radical (unpaired) electrons. The second-order valence-electron chi connectivity index (χ2n) is 9.00. The Morgan fingerprint density at radius 1 is 1.13 bits per heavy atom. The van der Waals surface area contributed by atoms with Gasteiger partial charge in [-0.3, -0.25) is 4.79 Å². The molecule has 0 spiro atoms. The van der Waals surface area contributed by atoms with Gasteiger partial charge in [-0.05, 0) is 80.8 Å². The summed E-state index contributed by atoms with van der Waals surface area (Å²) in [4.78, 5) is 17.9. The van der Waals surface area contributed by atoms with Gasteiger partial charge < -0.3 is 15.2 Å². The van der Waals surface area contributed by atoms with Crippen molar-refractivity contribution >= 4 is 22.5 Å². The highest BCUT2D eigenvalue weighted by Crippen LogP contribution is 2.31. The maximum Gasteiger partial charge on any atom is 0.222 e. The zero-order chi connectivity index (χ0) is 20.5. The molecule has 1 aliphatic heterocycles. The predicted molar refractivity (Wildman–Crippen MR) is 123 cm³/mol. The molecule has 1 aromatic heterocycles. The van der Waals surface area contributed by atoms with E-state index < -0.39 is 0 Å². The molecule has 0 saturated carbocycles. The highest BCUT2D eigenvalue weighted by Gasteiger charge is 2.22. The van der Waals surface area contributed by atoms with E-state index in [2.05, 4.69) is 59.7 Å². The van der Waals surface area contributed by atoms with Crippen LogP contribution in [0.3, 0.4) is 0 Å². The third kappa shape index (κ3) is 3.96. The minimum Gasteiger partial charge on any atom is -0.382 e. The number of aromatic nitrogens is 1. The van der Waals surface area contributed by atoms with Crippen molar-refractivity contribution in [1.29, 1.82) is 0 Å². The van der Waals surface area contributed by atoms with E-state index in [-0.39, 0.29) is 0 Å². The number of hydrogen-bond donors (Lipinski definition) is 2. The Labute approximate surface area is 178 Å². The number of rotatable bonds is 5. The number of H-pyrrole nitrogens is 1. The molecule has 5 rings (SSSR count). The molecular weight excluding hydrogens is 370 g/mol. The van der Waals surface area contributed by atoms with Crippen molar-refractivity contribution in [2.24, 2.45) is 0 Å². The van der Waals surface area contributed by atoms with Crippen LogP contribution in [0.1, 0.15) is 48.1 Å². The van der Waals surface area contributed by atoms with Crippen molar-refractivity contribution in [3.05, 3.63) is 64.8 Å². The fraction of sp³-hybridized carbons (Fsp3) is 0.423. The second kappa shape index (κ2) is 8.17. The SMILES string of the molecule is Cc1ccc2[nH]c3c(c2c1)CC(Nc1ccc(CCC(=O)N2CCCC2)cc1)CC3. The largest absolute Gasteiger partial charge is 0.382 e. The number of hydrogen-bond acceptors (Lipinski definition) is 2. The second-order valence-corrected chi connectivity index (χ2v) is 9.00. The van der Waals surface area contributed by atoms with E-state index in [1.807, 2.05) is 4.90 Å². The van der Waals surface area contributed by atoms with Crippen molar-refractivity contribution in [1.82, 2.24) is 9.88 Å². The number of benzene rings is 2. The number of carbonyl (C=O) groups excluding carboxylic acids is 1. The molecule has 4 nitrogen and oxygen atoms in total. The number of amides is 1. The average molecular weight is 402 g/mol. The van der Waals surface area contributed by atoms with Crippen LogP contribution in [0.5, 0.6) is 0 Å². The highest BCUT2D eigenvalue weighted by molar-refractivity contribution is 5.85. The van der Waals surface area contributed by atoms with Crippen LogP contribution in [-0.4, -0.2) is 34.9 Å². The van der Waals surface area contributed by atoms with Gasteiger partial charge in [-0.25, -0.2) is 0 Å². The van der Waals surface area contributed by atoms with E-state index in [1.54, 1.807) is 0 Å². The van der Waals surface area contributed by atoms with Gasteiger partial charge in [0.2, 0.25) is 5.91 Å². The standard InChI is InChI=1S/C26H31N3O/c1-18-4-11-24-22(16-18)23-17-21(10-12-25(23)28-24)27-20-8-5-19(6-9-20)7-13-26(30)29-14-2-3-15-29/h4-6,8-9,11,16,21,27-28H,2-3,7,10,12-15,17H2,1H3. The molecule has 3 aromatic rings. The lowest BCUT2D eigenvalue weighted by atomic mass is 9.91. The Morgan fingerprint density at radius 2 is 1.93 bits per heavy atom. The molecule has 1 fully saturated rings. The molecule has 156 valence electrons. The third-order valence-electron chi connectivity index (χ3n) is 6.75. The molecule has 2 heterocycles. The zero-order valence-electron chi connectivity index (χ0n) is 17.8. The summed E-state index contributed by atoms with van der Waals surface area (Å²) in [7, 11) is 0. The monoisotopic (exact) mass is 401 g/mol. The van der Waals surface area contributed by atoms with Crippen LogP contribution in [-0.2, 0) is 24.1 Å². The molecule has 1 atom stereocenters. The van der Waals surface area contributed by atoms with Crippen LogP contribution in [0.15, 0.2) is 42.5 Å². The molecular formula is C26H31N3O. The number of aromatic amines is 1. The number of nitrogens with one attached hydrogen (secondary N) is 2. The number of aryl methyl sites for hydroxylation is 3. The van der Waals surface area contributed by atoms with E-state index in [1.165, 1.54) is 39.0 Å². The lowest BCUT2D eigenvalue weighted by Crippen LogP contribution is -2.27. The summed E-state index contributed by atoms with van der Waals surface area (Å²) in [6.07, 6.45) is 7.07. The first kappa shape index (κ1) is 19.2. The van der Waals surface area contributed by atoms with Gasteiger partial charge in [0.25, 0.3) is 0 Å². The van der Waals surface area contributed by atoms with E-state index in [0.29, 0.717) is 18.4 Å². The summed E-state index contributed by atoms with van der Waals surface area (Å²) in [5.74, 6) is 0.307. The molecule has 4 heteroatoms. The fourth-order valence-electron chi connectivity index (χ4n) is 5.03. The van der Waals surface area contributed by atoms with Crippen molar-refractivity contribution in [2.45, 2.75) is 57.9 Å². The highest BCUT2D eigenvalue weighted by atomic mass is 16.2. The van der Waals surface area contributed by atoms with E-state index in [4.69, 9.17) is 0 Å². The van der Waals surface area contributed by atoms with Crippen molar-refractivity contribution in [3.63, 3.8) is 0 Å². The maximum absolute atomic E-state index is 12.3. The van der Waals surface area contributed by atoms with Gasteiger partial charge >= 0.3 is 0 Å². The summed E-state index contributed by atoms with van der Waals surface area (Å²) in [5.41, 5.74) is 7.89. The van der Waals surface area contributed by atoms with Gasteiger partial charge in [0.1, 0.15) is 0 Å². The molecule has 1 unspecified atom stereocenters. The normalized spacial score (nSPS) is 18.6. The molecule has 1 amide bonds. The minimum atomic E-state index is 0.307. The van der Waals surface area contributed by atoms with Crippen LogP contribution < -0.4 is 5.32 Å². The molecule has 0 bridgehead atoms. The van der Waals surface area contributed by atoms with Gasteiger partial charge in [-0.1, -0.05) is 23.8 Å². The van der Waals surface area contributed by atoms with Crippen molar-refractivity contribution in [3.8, 4) is 0 Å². The number of likely N-dealkylation sites (tertiary alicyclic amines) is 1. The van der Waals surface area contributed by atoms with E-state index in [0.717, 1.165) is 51.6 Å². The Bertz CT molecular complexity index is 1040. The molecule has 1 saturated heterocycles. The van der Waals surface area contributed by atoms with Gasteiger partial charge in [0, 0.05) is 47.8 Å². The zero-order valence-corrected chi connectivity index (χ0v) is 17.8. The number of nitrogens with zero attached hydrogens (tertiary/aromatic N) is 1. The smallest absolute Gasteiger partial charge is 0.222 e. The number of carbonyl (C=O) groups is 1. The Morgan fingerprint density at radius 3 is 2.73 bits per heavy atom. The van der Waals surface area contributed by atoms with E-state index in [9.17, 15) is 4.79 Å². The summed E-state index contributed by atoms with van der Waals surface area (Å²) < 4.78 is 0. The van der Waals surface area contributed by atoms with Crippen LogP contribution in [0, 0.1) is 6.92 Å². The average Bonchev–Trinajstić information content (AvgIpc) is 3.41. The van der Waals surface area contributed by atoms with Gasteiger partial charge in [-0.15, -0.1) is 0 Å². The lowest BCUT2D eigenvalue weighted by molar-refractivity contribution is -0.130. The Hall–Kier alpha value is -2.75. The topological polar surface area (TPSA) is 48.1 Å². The van der Waals surface area contributed by atoms with Gasteiger partial charge in [0.05, 0.1) is 0 Å². The first-order valence-corrected chi connectivity index (χ1v) is 11.4. The Balaban J connectivity index is 1.20. The first-order chi connectivity index (χ1) is 14.7. The van der Waals surface area contributed by atoms with Gasteiger partial charge in [0.15, 0.2) is 0 Å². The molecule has 1 aliphatic carbocycles. The predicted octanol–water partition coefficient (Wildman–Crippen LogP) is 5.00. The van der Waals surface area contributed by atoms with Crippen molar-refractivity contribution < 1.29 is 4.79 Å². The lowest BCUT2D eigenvalue weighted by Gasteiger charge is -2.25. The summed E-state index contributed by atoms with van der Waals surface area (Å²) in [6.45, 7) is 4.05. The van der Waals surface area contributed by atoms with Crippen molar-refractivity contribution in [2.75, 3.05) is 18.4 Å².